The van der Waals surface area contributed by atoms with Gasteiger partial charge in [0.2, 0.25) is 0 Å². The molecule has 5 aliphatic heterocycles. The molecule has 286 valence electrons. The molecule has 0 N–H and O–H groups in total. The summed E-state index contributed by atoms with van der Waals surface area (Å²) in [6.45, 7) is 7.14. The Morgan fingerprint density at radius 1 is 0.673 bits per heavy atom. The molecule has 12 nitrogen and oxygen atoms in total. The molecule has 0 spiro atoms. The summed E-state index contributed by atoms with van der Waals surface area (Å²) in [7, 11) is 5.32. The second-order valence-corrected chi connectivity index (χ2v) is 14.8. The fourth-order valence-corrected chi connectivity index (χ4v) is 7.82. The highest BCUT2D eigenvalue weighted by Crippen LogP contribution is 2.41. The van der Waals surface area contributed by atoms with E-state index in [1.807, 2.05) is 31.8 Å². The number of likely N-dealkylation sites (N-methyl/N-ethyl adjacent to an activating group) is 1. The first-order chi connectivity index (χ1) is 26.8. The Hall–Kier alpha value is -5.62. The number of amides is 2. The largest absolute Gasteiger partial charge is 0.493 e. The summed E-state index contributed by atoms with van der Waals surface area (Å²) < 4.78 is 23.5. The van der Waals surface area contributed by atoms with Gasteiger partial charge in [-0.15, -0.1) is 0 Å². The number of hydrogen-bond acceptors (Lipinski definition) is 10. The van der Waals surface area contributed by atoms with E-state index in [4.69, 9.17) is 23.9 Å². The van der Waals surface area contributed by atoms with Crippen molar-refractivity contribution in [1.29, 1.82) is 0 Å². The van der Waals surface area contributed by atoms with E-state index < -0.39 is 0 Å². The second kappa shape index (κ2) is 15.6. The molecule has 12 heteroatoms. The molecule has 5 aliphatic rings. The lowest BCUT2D eigenvalue weighted by molar-refractivity contribution is 0.0809. The predicted octanol–water partition coefficient (Wildman–Crippen LogP) is 6.89. The molecule has 1 saturated heterocycles. The SMILES string of the molecule is COc1cc2c(cc1OCCCCCOc1cc3c(cc1OC)C(=O)N1C=C(c4ccc(N5CCN(C)CC5)cc4)C[C@H]1C=N3)N=C[C@@H]1CC(C)=CN1C2=O. The van der Waals surface area contributed by atoms with Crippen LogP contribution in [0.3, 0.4) is 0 Å². The first-order valence-electron chi connectivity index (χ1n) is 19.1. The number of unbranched alkanes of at least 4 members (excludes halogenated alkanes) is 2. The molecule has 3 aromatic rings. The van der Waals surface area contributed by atoms with Crippen molar-refractivity contribution in [3.05, 3.63) is 83.2 Å². The summed E-state index contributed by atoms with van der Waals surface area (Å²) in [6.07, 6.45) is 11.5. The van der Waals surface area contributed by atoms with Crippen LogP contribution in [-0.4, -0.2) is 112 Å². The predicted molar refractivity (Wildman–Crippen MR) is 214 cm³/mol. The van der Waals surface area contributed by atoms with E-state index in [0.29, 0.717) is 65.1 Å². The van der Waals surface area contributed by atoms with Crippen LogP contribution < -0.4 is 23.8 Å². The van der Waals surface area contributed by atoms with Gasteiger partial charge >= 0.3 is 0 Å². The van der Waals surface area contributed by atoms with E-state index in [1.54, 1.807) is 48.3 Å². The van der Waals surface area contributed by atoms with Gasteiger partial charge in [-0.25, -0.2) is 0 Å². The Morgan fingerprint density at radius 2 is 1.22 bits per heavy atom. The molecule has 2 amide bonds. The molecular weight excluding hydrogens is 697 g/mol. The van der Waals surface area contributed by atoms with E-state index in [1.165, 1.54) is 5.69 Å². The zero-order valence-electron chi connectivity index (χ0n) is 32.0. The minimum atomic E-state index is -0.162. The van der Waals surface area contributed by atoms with Crippen LogP contribution in [0.5, 0.6) is 23.0 Å². The number of benzene rings is 3. The molecule has 0 radical (unpaired) electrons. The topological polar surface area (TPSA) is 109 Å². The van der Waals surface area contributed by atoms with Crippen molar-refractivity contribution < 1.29 is 28.5 Å². The number of carbonyl (C=O) groups is 2. The quantitative estimate of drug-likeness (QED) is 0.185. The molecular formula is C43H48N6O6. The first kappa shape index (κ1) is 36.4. The Bertz CT molecular complexity index is 2080. The number of methoxy groups -OCH3 is 2. The number of hydrogen-bond donors (Lipinski definition) is 0. The zero-order chi connectivity index (χ0) is 38.1. The smallest absolute Gasteiger partial charge is 0.260 e. The summed E-state index contributed by atoms with van der Waals surface area (Å²) in [5.74, 6) is 1.91. The molecule has 0 aliphatic carbocycles. The monoisotopic (exact) mass is 744 g/mol. The Kier molecular flexibility index (Phi) is 10.3. The first-order valence-corrected chi connectivity index (χ1v) is 19.1. The van der Waals surface area contributed by atoms with E-state index in [9.17, 15) is 9.59 Å². The van der Waals surface area contributed by atoms with Gasteiger partial charge in [-0.2, -0.15) is 0 Å². The van der Waals surface area contributed by atoms with Crippen LogP contribution in [0.15, 0.2) is 76.5 Å². The molecule has 3 aromatic carbocycles. The lowest BCUT2D eigenvalue weighted by atomic mass is 10.0. The van der Waals surface area contributed by atoms with Crippen LogP contribution in [0, 0.1) is 0 Å². The molecule has 0 saturated carbocycles. The average Bonchev–Trinajstić information content (AvgIpc) is 3.75. The van der Waals surface area contributed by atoms with Crippen molar-refractivity contribution in [3.8, 4) is 23.0 Å². The highest BCUT2D eigenvalue weighted by atomic mass is 16.5. The maximum atomic E-state index is 13.9. The number of piperazine rings is 1. The Morgan fingerprint density at radius 3 is 1.78 bits per heavy atom. The third-order valence-electron chi connectivity index (χ3n) is 11.0. The minimum absolute atomic E-state index is 0.0656. The lowest BCUT2D eigenvalue weighted by Gasteiger charge is -2.34. The number of fused-ring (bicyclic) bond motifs is 4. The van der Waals surface area contributed by atoms with E-state index >= 15 is 0 Å². The number of ether oxygens (including phenoxy) is 4. The van der Waals surface area contributed by atoms with E-state index in [2.05, 4.69) is 46.1 Å². The summed E-state index contributed by atoms with van der Waals surface area (Å²) in [5.41, 5.74) is 6.76. The van der Waals surface area contributed by atoms with Gasteiger partial charge in [-0.1, -0.05) is 17.7 Å². The van der Waals surface area contributed by atoms with Crippen LogP contribution in [-0.2, 0) is 0 Å². The van der Waals surface area contributed by atoms with Gasteiger partial charge in [0.25, 0.3) is 11.8 Å². The van der Waals surface area contributed by atoms with Gasteiger partial charge in [0, 0.05) is 75.2 Å². The standard InChI is InChI=1S/C43H48N6O6/c1-28-18-32-24-44-36-22-40(38(52-3)20-34(36)42(50)48(32)26-28)54-16-6-5-7-17-55-41-23-37-35(21-39(41)53-4)43(51)49-27-30(19-33(49)25-45-37)29-8-10-31(11-9-29)47-14-12-46(2)13-15-47/h8-11,20-27,32-33H,5-7,12-19H2,1-4H3/t32-,33-/m0/s1. The highest BCUT2D eigenvalue weighted by molar-refractivity contribution is 6.06. The summed E-state index contributed by atoms with van der Waals surface area (Å²) in [4.78, 5) is 44.8. The highest BCUT2D eigenvalue weighted by Gasteiger charge is 2.34. The zero-order valence-corrected chi connectivity index (χ0v) is 32.0. The van der Waals surface area contributed by atoms with Crippen LogP contribution >= 0.6 is 0 Å². The van der Waals surface area contributed by atoms with Crippen molar-refractivity contribution in [2.24, 2.45) is 9.98 Å². The van der Waals surface area contributed by atoms with Crippen molar-refractivity contribution in [3.63, 3.8) is 0 Å². The molecule has 1 fully saturated rings. The average molecular weight is 745 g/mol. The Labute approximate surface area is 322 Å². The number of aliphatic imine (C=N–C) groups is 2. The third kappa shape index (κ3) is 7.43. The molecule has 0 aromatic heterocycles. The van der Waals surface area contributed by atoms with Crippen molar-refractivity contribution in [2.45, 2.75) is 51.1 Å². The number of nitrogens with zero attached hydrogens (tertiary/aromatic N) is 6. The summed E-state index contributed by atoms with van der Waals surface area (Å²) in [6, 6.07) is 15.5. The van der Waals surface area contributed by atoms with Crippen LogP contribution in [0.4, 0.5) is 17.1 Å². The molecule has 2 atom stereocenters. The van der Waals surface area contributed by atoms with Crippen molar-refractivity contribution in [2.75, 3.05) is 65.6 Å². The van der Waals surface area contributed by atoms with Crippen LogP contribution in [0.2, 0.25) is 0 Å². The third-order valence-corrected chi connectivity index (χ3v) is 11.0. The molecule has 55 heavy (non-hydrogen) atoms. The Balaban J connectivity index is 0.845. The fourth-order valence-electron chi connectivity index (χ4n) is 7.82. The van der Waals surface area contributed by atoms with Crippen LogP contribution in [0.1, 0.15) is 65.3 Å². The molecule has 8 rings (SSSR count). The second-order valence-electron chi connectivity index (χ2n) is 14.8. The maximum absolute atomic E-state index is 13.9. The van der Waals surface area contributed by atoms with Gasteiger partial charge in [0.05, 0.1) is 62.0 Å². The maximum Gasteiger partial charge on any atom is 0.260 e. The molecule has 0 bridgehead atoms. The van der Waals surface area contributed by atoms with Gasteiger partial charge in [0.15, 0.2) is 23.0 Å². The number of carbonyl (C=O) groups excluding carboxylic acids is 2. The van der Waals surface area contributed by atoms with Crippen LogP contribution in [0.25, 0.3) is 5.57 Å². The van der Waals surface area contributed by atoms with Gasteiger partial charge in [-0.05, 0) is 75.1 Å². The number of rotatable bonds is 12. The van der Waals surface area contributed by atoms with E-state index in [-0.39, 0.29) is 23.9 Å². The van der Waals surface area contributed by atoms with Gasteiger partial charge in [0.1, 0.15) is 0 Å². The summed E-state index contributed by atoms with van der Waals surface area (Å²) >= 11 is 0. The van der Waals surface area contributed by atoms with E-state index in [0.717, 1.165) is 68.6 Å². The molecule has 0 unspecified atom stereocenters. The summed E-state index contributed by atoms with van der Waals surface area (Å²) in [5, 5.41) is 0. The number of anilines is 1. The van der Waals surface area contributed by atoms with Gasteiger partial charge in [-0.3, -0.25) is 19.6 Å². The molecule has 5 heterocycles. The fraction of sp³-hybridized carbons (Fsp3) is 0.395. The normalized spacial score (nSPS) is 20.3. The van der Waals surface area contributed by atoms with Crippen molar-refractivity contribution in [1.82, 2.24) is 14.7 Å². The minimum Gasteiger partial charge on any atom is -0.493 e. The lowest BCUT2D eigenvalue weighted by Crippen LogP contribution is -2.44. The van der Waals surface area contributed by atoms with Gasteiger partial charge < -0.3 is 38.5 Å². The van der Waals surface area contributed by atoms with Crippen molar-refractivity contribution >= 4 is 46.9 Å².